The van der Waals surface area contributed by atoms with Gasteiger partial charge in [-0.05, 0) is 29.8 Å². The first-order valence-electron chi connectivity index (χ1n) is 8.03. The Balaban J connectivity index is 1.90. The SMILES string of the molecule is CCC(=O)Cc1cccc(Cl)c1C(=O)Nc1ccc2cccnc2c1. The monoisotopic (exact) mass is 352 g/mol. The Morgan fingerprint density at radius 3 is 2.76 bits per heavy atom. The number of nitrogens with zero attached hydrogens (tertiary/aromatic N) is 1. The van der Waals surface area contributed by atoms with E-state index >= 15 is 0 Å². The van der Waals surface area contributed by atoms with Crippen LogP contribution in [0, 0.1) is 0 Å². The van der Waals surface area contributed by atoms with Crippen LogP contribution in [0.3, 0.4) is 0 Å². The summed E-state index contributed by atoms with van der Waals surface area (Å²) in [5.74, 6) is -0.272. The molecule has 1 N–H and O–H groups in total. The van der Waals surface area contributed by atoms with Gasteiger partial charge in [0.2, 0.25) is 0 Å². The maximum Gasteiger partial charge on any atom is 0.257 e. The quantitative estimate of drug-likeness (QED) is 0.726. The minimum absolute atomic E-state index is 0.0613. The summed E-state index contributed by atoms with van der Waals surface area (Å²) in [6, 6.07) is 14.5. The van der Waals surface area contributed by atoms with Crippen molar-refractivity contribution in [1.29, 1.82) is 0 Å². The first kappa shape index (κ1) is 17.1. The van der Waals surface area contributed by atoms with Crippen LogP contribution >= 0.6 is 11.6 Å². The maximum absolute atomic E-state index is 12.7. The highest BCUT2D eigenvalue weighted by Crippen LogP contribution is 2.24. The number of amides is 1. The molecule has 3 rings (SSSR count). The number of ketones is 1. The number of fused-ring (bicyclic) bond motifs is 1. The van der Waals surface area contributed by atoms with E-state index < -0.39 is 0 Å². The van der Waals surface area contributed by atoms with Crippen LogP contribution in [-0.2, 0) is 11.2 Å². The third-order valence-electron chi connectivity index (χ3n) is 3.97. The molecule has 2 aromatic carbocycles. The molecular formula is C20H17ClN2O2. The number of benzene rings is 2. The van der Waals surface area contributed by atoms with E-state index in [1.165, 1.54) is 0 Å². The van der Waals surface area contributed by atoms with E-state index in [4.69, 9.17) is 11.6 Å². The summed E-state index contributed by atoms with van der Waals surface area (Å²) >= 11 is 6.23. The second-order valence-corrected chi connectivity index (χ2v) is 6.12. The first-order chi connectivity index (χ1) is 12.1. The van der Waals surface area contributed by atoms with Gasteiger partial charge in [-0.2, -0.15) is 0 Å². The molecule has 1 heterocycles. The second-order valence-electron chi connectivity index (χ2n) is 5.71. The molecule has 0 saturated carbocycles. The Bertz CT molecular complexity index is 953. The molecule has 0 fully saturated rings. The summed E-state index contributed by atoms with van der Waals surface area (Å²) in [7, 11) is 0. The maximum atomic E-state index is 12.7. The molecule has 0 saturated heterocycles. The number of anilines is 1. The van der Waals surface area contributed by atoms with Crippen LogP contribution in [0.15, 0.2) is 54.7 Å². The summed E-state index contributed by atoms with van der Waals surface area (Å²) in [4.78, 5) is 28.8. The Hall–Kier alpha value is -2.72. The number of halogens is 1. The zero-order valence-corrected chi connectivity index (χ0v) is 14.5. The molecule has 126 valence electrons. The number of Topliss-reactive ketones (excluding diaryl/α,β-unsaturated/α-hetero) is 1. The molecule has 0 spiro atoms. The molecule has 4 nitrogen and oxygen atoms in total. The van der Waals surface area contributed by atoms with Crippen LogP contribution in [0.25, 0.3) is 10.9 Å². The van der Waals surface area contributed by atoms with Crippen molar-refractivity contribution in [3.63, 3.8) is 0 Å². The van der Waals surface area contributed by atoms with Gasteiger partial charge in [0, 0.05) is 30.1 Å². The van der Waals surface area contributed by atoms with Crippen LogP contribution in [0.4, 0.5) is 5.69 Å². The van der Waals surface area contributed by atoms with Gasteiger partial charge in [-0.15, -0.1) is 0 Å². The lowest BCUT2D eigenvalue weighted by Crippen LogP contribution is -2.16. The minimum atomic E-state index is -0.334. The van der Waals surface area contributed by atoms with Crippen molar-refractivity contribution in [3.05, 3.63) is 70.9 Å². The number of nitrogens with one attached hydrogen (secondary N) is 1. The van der Waals surface area contributed by atoms with Gasteiger partial charge in [0.25, 0.3) is 5.91 Å². The fourth-order valence-corrected chi connectivity index (χ4v) is 2.93. The number of pyridine rings is 1. The van der Waals surface area contributed by atoms with Gasteiger partial charge >= 0.3 is 0 Å². The number of rotatable bonds is 5. The van der Waals surface area contributed by atoms with Crippen molar-refractivity contribution in [3.8, 4) is 0 Å². The van der Waals surface area contributed by atoms with Crippen molar-refractivity contribution in [2.75, 3.05) is 5.32 Å². The summed E-state index contributed by atoms with van der Waals surface area (Å²) in [6.07, 6.45) is 2.32. The number of aromatic nitrogens is 1. The molecule has 0 aliphatic carbocycles. The highest BCUT2D eigenvalue weighted by Gasteiger charge is 2.17. The molecule has 5 heteroatoms. The zero-order chi connectivity index (χ0) is 17.8. The van der Waals surface area contributed by atoms with Gasteiger partial charge < -0.3 is 5.32 Å². The third-order valence-corrected chi connectivity index (χ3v) is 4.29. The van der Waals surface area contributed by atoms with Gasteiger partial charge in [0.05, 0.1) is 16.1 Å². The fourth-order valence-electron chi connectivity index (χ4n) is 2.65. The van der Waals surface area contributed by atoms with Crippen molar-refractivity contribution < 1.29 is 9.59 Å². The lowest BCUT2D eigenvalue weighted by molar-refractivity contribution is -0.118. The number of carbonyl (C=O) groups is 2. The normalized spacial score (nSPS) is 10.6. The molecule has 3 aromatic rings. The van der Waals surface area contributed by atoms with Crippen molar-refractivity contribution in [2.45, 2.75) is 19.8 Å². The van der Waals surface area contributed by atoms with Crippen LogP contribution in [-0.4, -0.2) is 16.7 Å². The van der Waals surface area contributed by atoms with Gasteiger partial charge in [0.15, 0.2) is 0 Å². The molecule has 0 unspecified atom stereocenters. The standard InChI is InChI=1S/C20H17ClN2O2/c1-2-16(24)11-14-5-3-7-17(21)19(14)20(25)23-15-9-8-13-6-4-10-22-18(13)12-15/h3-10,12H,2,11H2,1H3,(H,23,25). The van der Waals surface area contributed by atoms with Crippen LogP contribution in [0.5, 0.6) is 0 Å². The van der Waals surface area contributed by atoms with Crippen LogP contribution in [0.2, 0.25) is 5.02 Å². The zero-order valence-electron chi connectivity index (χ0n) is 13.8. The van der Waals surface area contributed by atoms with Crippen molar-refractivity contribution in [2.24, 2.45) is 0 Å². The van der Waals surface area contributed by atoms with E-state index in [9.17, 15) is 9.59 Å². The van der Waals surface area contributed by atoms with Gasteiger partial charge in [-0.1, -0.05) is 42.8 Å². The Morgan fingerprint density at radius 1 is 1.12 bits per heavy atom. The number of hydrogen-bond acceptors (Lipinski definition) is 3. The van der Waals surface area contributed by atoms with Crippen LogP contribution in [0.1, 0.15) is 29.3 Å². The first-order valence-corrected chi connectivity index (χ1v) is 8.41. The summed E-state index contributed by atoms with van der Waals surface area (Å²) in [5.41, 5.74) is 2.40. The predicted molar refractivity (Wildman–Crippen MR) is 100 cm³/mol. The highest BCUT2D eigenvalue weighted by molar-refractivity contribution is 6.34. The summed E-state index contributed by atoms with van der Waals surface area (Å²) in [6.45, 7) is 1.80. The molecule has 1 aromatic heterocycles. The minimum Gasteiger partial charge on any atom is -0.322 e. The van der Waals surface area contributed by atoms with E-state index in [-0.39, 0.29) is 18.1 Å². The highest BCUT2D eigenvalue weighted by atomic mass is 35.5. The number of hydrogen-bond donors (Lipinski definition) is 1. The molecule has 0 radical (unpaired) electrons. The molecule has 0 aliphatic rings. The smallest absolute Gasteiger partial charge is 0.257 e. The van der Waals surface area contributed by atoms with Gasteiger partial charge in [0.1, 0.15) is 5.78 Å². The van der Waals surface area contributed by atoms with Crippen molar-refractivity contribution in [1.82, 2.24) is 4.98 Å². The predicted octanol–water partition coefficient (Wildman–Crippen LogP) is 4.66. The summed E-state index contributed by atoms with van der Waals surface area (Å²) < 4.78 is 0. The van der Waals surface area contributed by atoms with E-state index in [0.717, 1.165) is 10.9 Å². The third kappa shape index (κ3) is 3.86. The molecule has 0 atom stereocenters. The average Bonchev–Trinajstić information content (AvgIpc) is 2.61. The van der Waals surface area contributed by atoms with Gasteiger partial charge in [-0.3, -0.25) is 14.6 Å². The summed E-state index contributed by atoms with van der Waals surface area (Å²) in [5, 5.41) is 4.17. The van der Waals surface area contributed by atoms with Crippen LogP contribution < -0.4 is 5.32 Å². The molecule has 0 bridgehead atoms. The van der Waals surface area contributed by atoms with E-state index in [2.05, 4.69) is 10.3 Å². The average molecular weight is 353 g/mol. The van der Waals surface area contributed by atoms with E-state index in [1.807, 2.05) is 24.3 Å². The Morgan fingerprint density at radius 2 is 1.96 bits per heavy atom. The van der Waals surface area contributed by atoms with Gasteiger partial charge in [-0.25, -0.2) is 0 Å². The lowest BCUT2D eigenvalue weighted by atomic mass is 10.0. The van der Waals surface area contributed by atoms with Crippen molar-refractivity contribution >= 4 is 39.9 Å². The van der Waals surface area contributed by atoms with E-state index in [0.29, 0.717) is 28.3 Å². The topological polar surface area (TPSA) is 59.1 Å². The fraction of sp³-hybridized carbons (Fsp3) is 0.150. The largest absolute Gasteiger partial charge is 0.322 e. The Labute approximate surface area is 150 Å². The second kappa shape index (κ2) is 7.45. The molecular weight excluding hydrogens is 336 g/mol. The van der Waals surface area contributed by atoms with E-state index in [1.54, 1.807) is 37.4 Å². The molecule has 1 amide bonds. The Kier molecular flexibility index (Phi) is 5.10. The lowest BCUT2D eigenvalue weighted by Gasteiger charge is -2.12. The number of carbonyl (C=O) groups excluding carboxylic acids is 2. The molecule has 0 aliphatic heterocycles. The molecule has 25 heavy (non-hydrogen) atoms.